The molecule has 2 N–H and O–H groups in total. The van der Waals surface area contributed by atoms with E-state index in [1.807, 2.05) is 26.0 Å². The zero-order valence-corrected chi connectivity index (χ0v) is 13.0. The van der Waals surface area contributed by atoms with Crippen molar-refractivity contribution in [3.05, 3.63) is 58.1 Å². The minimum atomic E-state index is -0.0556. The van der Waals surface area contributed by atoms with Crippen LogP contribution in [0.5, 0.6) is 5.75 Å². The van der Waals surface area contributed by atoms with Crippen LogP contribution in [0, 0.1) is 0 Å². The molecule has 0 aliphatic heterocycles. The fraction of sp³-hybridized carbons (Fsp3) is 0.188. The fourth-order valence-electron chi connectivity index (χ4n) is 1.82. The number of carbonyl (C=O) groups excluding carboxylic acids is 1. The molecule has 0 aliphatic rings. The number of carbonyl (C=O) groups is 1. The molecule has 0 radical (unpaired) electrons. The van der Waals surface area contributed by atoms with Gasteiger partial charge in [-0.1, -0.05) is 12.1 Å². The molecule has 2 rings (SSSR count). The number of ketones is 1. The summed E-state index contributed by atoms with van der Waals surface area (Å²) in [6.07, 6.45) is 0.0750. The smallest absolute Gasteiger partial charge is 0.193 e. The third-order valence-electron chi connectivity index (χ3n) is 2.73. The lowest BCUT2D eigenvalue weighted by Gasteiger charge is -2.10. The van der Waals surface area contributed by atoms with Crippen LogP contribution in [0.15, 0.2) is 46.9 Å². The van der Waals surface area contributed by atoms with E-state index >= 15 is 0 Å². The van der Waals surface area contributed by atoms with Gasteiger partial charge in [0.15, 0.2) is 5.78 Å². The molecular formula is C16H16BrNO2. The van der Waals surface area contributed by atoms with Crippen LogP contribution in [0.25, 0.3) is 0 Å². The summed E-state index contributed by atoms with van der Waals surface area (Å²) in [4.78, 5) is 12.4. The second-order valence-electron chi connectivity index (χ2n) is 4.76. The van der Waals surface area contributed by atoms with Gasteiger partial charge in [0, 0.05) is 21.3 Å². The van der Waals surface area contributed by atoms with Crippen molar-refractivity contribution < 1.29 is 9.53 Å². The van der Waals surface area contributed by atoms with Crippen LogP contribution in [-0.2, 0) is 0 Å². The fourth-order valence-corrected chi connectivity index (χ4v) is 2.20. The van der Waals surface area contributed by atoms with E-state index in [0.717, 1.165) is 4.47 Å². The Morgan fingerprint density at radius 2 is 1.85 bits per heavy atom. The molecule has 0 spiro atoms. The molecule has 0 aliphatic carbocycles. The first-order valence-corrected chi connectivity index (χ1v) is 7.13. The Bertz CT molecular complexity index is 638. The molecule has 2 aromatic rings. The number of ether oxygens (including phenoxy) is 1. The first-order valence-electron chi connectivity index (χ1n) is 6.34. The molecule has 0 bridgehead atoms. The minimum absolute atomic E-state index is 0.0556. The van der Waals surface area contributed by atoms with Crippen LogP contribution in [0.1, 0.15) is 29.8 Å². The molecule has 0 heterocycles. The maximum absolute atomic E-state index is 12.4. The van der Waals surface area contributed by atoms with Gasteiger partial charge in [-0.3, -0.25) is 4.79 Å². The molecule has 0 unspecified atom stereocenters. The molecule has 4 heteroatoms. The molecule has 0 saturated carbocycles. The normalized spacial score (nSPS) is 10.6. The molecule has 20 heavy (non-hydrogen) atoms. The first-order chi connectivity index (χ1) is 9.47. The molecule has 2 aromatic carbocycles. The molecule has 0 fully saturated rings. The molecular weight excluding hydrogens is 318 g/mol. The lowest BCUT2D eigenvalue weighted by atomic mass is 10.0. The van der Waals surface area contributed by atoms with Crippen LogP contribution in [0.2, 0.25) is 0 Å². The van der Waals surface area contributed by atoms with E-state index in [4.69, 9.17) is 10.5 Å². The van der Waals surface area contributed by atoms with E-state index in [0.29, 0.717) is 22.6 Å². The summed E-state index contributed by atoms with van der Waals surface area (Å²) in [5.41, 5.74) is 7.53. The van der Waals surface area contributed by atoms with Gasteiger partial charge in [-0.25, -0.2) is 0 Å². The third kappa shape index (κ3) is 3.39. The van der Waals surface area contributed by atoms with Crippen molar-refractivity contribution in [1.29, 1.82) is 0 Å². The van der Waals surface area contributed by atoms with Crippen molar-refractivity contribution in [2.24, 2.45) is 0 Å². The van der Waals surface area contributed by atoms with Gasteiger partial charge < -0.3 is 10.5 Å². The summed E-state index contributed by atoms with van der Waals surface area (Å²) in [5.74, 6) is 0.639. The van der Waals surface area contributed by atoms with E-state index in [2.05, 4.69) is 15.9 Å². The maximum Gasteiger partial charge on any atom is 0.193 e. The van der Waals surface area contributed by atoms with E-state index in [-0.39, 0.29) is 11.9 Å². The van der Waals surface area contributed by atoms with Crippen molar-refractivity contribution in [1.82, 2.24) is 0 Å². The number of hydrogen-bond donors (Lipinski definition) is 1. The highest BCUT2D eigenvalue weighted by Gasteiger charge is 2.11. The van der Waals surface area contributed by atoms with Crippen LogP contribution in [-0.4, -0.2) is 11.9 Å². The summed E-state index contributed by atoms with van der Waals surface area (Å²) in [6.45, 7) is 3.90. The predicted octanol–water partition coefficient (Wildman–Crippen LogP) is 4.05. The Hall–Kier alpha value is -1.81. The zero-order chi connectivity index (χ0) is 14.7. The maximum atomic E-state index is 12.4. The Kier molecular flexibility index (Phi) is 4.45. The van der Waals surface area contributed by atoms with Crippen molar-refractivity contribution in [3.8, 4) is 5.75 Å². The van der Waals surface area contributed by atoms with Crippen molar-refractivity contribution in [3.63, 3.8) is 0 Å². The molecule has 0 atom stereocenters. The largest absolute Gasteiger partial charge is 0.491 e. The number of rotatable bonds is 4. The summed E-state index contributed by atoms with van der Waals surface area (Å²) in [7, 11) is 0. The zero-order valence-electron chi connectivity index (χ0n) is 11.4. The lowest BCUT2D eigenvalue weighted by molar-refractivity contribution is 0.103. The van der Waals surface area contributed by atoms with Crippen LogP contribution >= 0.6 is 15.9 Å². The number of benzene rings is 2. The van der Waals surface area contributed by atoms with Gasteiger partial charge in [0.25, 0.3) is 0 Å². The summed E-state index contributed by atoms with van der Waals surface area (Å²) in [5, 5.41) is 0. The molecule has 104 valence electrons. The highest BCUT2D eigenvalue weighted by molar-refractivity contribution is 9.10. The highest BCUT2D eigenvalue weighted by atomic mass is 79.9. The highest BCUT2D eigenvalue weighted by Crippen LogP contribution is 2.23. The van der Waals surface area contributed by atoms with E-state index in [1.165, 1.54) is 0 Å². The van der Waals surface area contributed by atoms with Crippen molar-refractivity contribution in [2.45, 2.75) is 20.0 Å². The van der Waals surface area contributed by atoms with Crippen molar-refractivity contribution >= 4 is 27.4 Å². The minimum Gasteiger partial charge on any atom is -0.491 e. The van der Waals surface area contributed by atoms with E-state index in [9.17, 15) is 4.79 Å². The number of halogens is 1. The SMILES string of the molecule is CC(C)Oc1cccc(C(=O)c2ccc(N)c(Br)c2)c1. The third-order valence-corrected chi connectivity index (χ3v) is 3.42. The second-order valence-corrected chi connectivity index (χ2v) is 5.61. The summed E-state index contributed by atoms with van der Waals surface area (Å²) in [6, 6.07) is 12.4. The van der Waals surface area contributed by atoms with Crippen LogP contribution < -0.4 is 10.5 Å². The van der Waals surface area contributed by atoms with Gasteiger partial charge in [0.1, 0.15) is 5.75 Å². The topological polar surface area (TPSA) is 52.3 Å². The molecule has 0 amide bonds. The van der Waals surface area contributed by atoms with E-state index in [1.54, 1.807) is 30.3 Å². The van der Waals surface area contributed by atoms with E-state index < -0.39 is 0 Å². The van der Waals surface area contributed by atoms with Crippen LogP contribution in [0.4, 0.5) is 5.69 Å². The Morgan fingerprint density at radius 3 is 2.50 bits per heavy atom. The second kappa shape index (κ2) is 6.09. The number of nitrogen functional groups attached to an aromatic ring is 1. The standard InChI is InChI=1S/C16H16BrNO2/c1-10(2)20-13-5-3-4-11(8-13)16(19)12-6-7-15(18)14(17)9-12/h3-10H,18H2,1-2H3. The lowest BCUT2D eigenvalue weighted by Crippen LogP contribution is -2.07. The van der Waals surface area contributed by atoms with Gasteiger partial charge in [0.2, 0.25) is 0 Å². The first kappa shape index (κ1) is 14.6. The van der Waals surface area contributed by atoms with Gasteiger partial charge >= 0.3 is 0 Å². The van der Waals surface area contributed by atoms with Gasteiger partial charge in [0.05, 0.1) is 6.10 Å². The summed E-state index contributed by atoms with van der Waals surface area (Å²) < 4.78 is 6.32. The van der Waals surface area contributed by atoms with Gasteiger partial charge in [-0.15, -0.1) is 0 Å². The molecule has 3 nitrogen and oxygen atoms in total. The Balaban J connectivity index is 2.30. The van der Waals surface area contributed by atoms with Gasteiger partial charge in [-0.2, -0.15) is 0 Å². The quantitative estimate of drug-likeness (QED) is 0.678. The van der Waals surface area contributed by atoms with Crippen molar-refractivity contribution in [2.75, 3.05) is 5.73 Å². The average molecular weight is 334 g/mol. The Morgan fingerprint density at radius 1 is 1.15 bits per heavy atom. The summed E-state index contributed by atoms with van der Waals surface area (Å²) >= 11 is 3.33. The molecule has 0 saturated heterocycles. The predicted molar refractivity (Wildman–Crippen MR) is 84.2 cm³/mol. The number of nitrogens with two attached hydrogens (primary N) is 1. The van der Waals surface area contributed by atoms with Crippen LogP contribution in [0.3, 0.4) is 0 Å². The van der Waals surface area contributed by atoms with Gasteiger partial charge in [-0.05, 0) is 60.1 Å². The number of hydrogen-bond acceptors (Lipinski definition) is 3. The molecule has 0 aromatic heterocycles. The number of anilines is 1. The monoisotopic (exact) mass is 333 g/mol. The Labute approximate surface area is 126 Å². The average Bonchev–Trinajstić information content (AvgIpc) is 2.40.